The minimum absolute atomic E-state index is 0.240. The van der Waals surface area contributed by atoms with Crippen LogP contribution in [0.25, 0.3) is 0 Å². The minimum atomic E-state index is 0.240. The highest BCUT2D eigenvalue weighted by Gasteiger charge is 2.15. The summed E-state index contributed by atoms with van der Waals surface area (Å²) in [4.78, 5) is 12.8. The van der Waals surface area contributed by atoms with Crippen molar-refractivity contribution < 1.29 is 9.53 Å². The Morgan fingerprint density at radius 1 is 1.53 bits per heavy atom. The van der Waals surface area contributed by atoms with Crippen LogP contribution in [0.4, 0.5) is 5.69 Å². The molecule has 0 aliphatic carbocycles. The van der Waals surface area contributed by atoms with E-state index >= 15 is 0 Å². The van der Waals surface area contributed by atoms with Crippen LogP contribution in [0.3, 0.4) is 0 Å². The zero-order valence-electron chi connectivity index (χ0n) is 10.4. The second kappa shape index (κ2) is 6.62. The predicted molar refractivity (Wildman–Crippen MR) is 71.2 cm³/mol. The van der Waals surface area contributed by atoms with Gasteiger partial charge in [-0.25, -0.2) is 0 Å². The molecule has 17 heavy (non-hydrogen) atoms. The Labute approximate surface area is 107 Å². The molecule has 0 bridgehead atoms. The summed E-state index contributed by atoms with van der Waals surface area (Å²) >= 11 is 6.18. The summed E-state index contributed by atoms with van der Waals surface area (Å²) in [6.45, 7) is 5.62. The molecule has 0 N–H and O–H groups in total. The lowest BCUT2D eigenvalue weighted by Crippen LogP contribution is -2.36. The van der Waals surface area contributed by atoms with Crippen LogP contribution in [0.5, 0.6) is 0 Å². The van der Waals surface area contributed by atoms with Crippen LogP contribution in [0.15, 0.2) is 18.2 Å². The number of aldehydes is 1. The predicted octanol–water partition coefficient (Wildman–Crippen LogP) is 3.01. The Kier molecular flexibility index (Phi) is 5.45. The molecule has 3 nitrogen and oxygen atoms in total. The van der Waals surface area contributed by atoms with Gasteiger partial charge in [-0.2, -0.15) is 0 Å². The second-order valence-corrected chi connectivity index (χ2v) is 4.33. The fraction of sp³-hybridized carbons (Fsp3) is 0.462. The van der Waals surface area contributed by atoms with Gasteiger partial charge in [-0.15, -0.1) is 0 Å². The molecule has 1 unspecified atom stereocenters. The molecule has 0 saturated carbocycles. The molecule has 0 heterocycles. The fourth-order valence-corrected chi connectivity index (χ4v) is 2.18. The molecule has 0 aliphatic rings. The van der Waals surface area contributed by atoms with E-state index in [0.717, 1.165) is 18.5 Å². The van der Waals surface area contributed by atoms with E-state index in [4.69, 9.17) is 16.3 Å². The van der Waals surface area contributed by atoms with Gasteiger partial charge in [0.25, 0.3) is 0 Å². The molecule has 1 aromatic rings. The summed E-state index contributed by atoms with van der Waals surface area (Å²) in [5.41, 5.74) is 1.53. The molecule has 0 amide bonds. The van der Waals surface area contributed by atoms with Gasteiger partial charge in [-0.1, -0.05) is 11.6 Å². The smallest absolute Gasteiger partial charge is 0.150 e. The third-order valence-corrected chi connectivity index (χ3v) is 3.00. The number of carbonyl (C=O) groups is 1. The molecule has 4 heteroatoms. The molecule has 0 aliphatic heterocycles. The number of rotatable bonds is 6. The van der Waals surface area contributed by atoms with Crippen LogP contribution in [-0.2, 0) is 4.74 Å². The van der Waals surface area contributed by atoms with Crippen molar-refractivity contribution in [2.45, 2.75) is 19.9 Å². The van der Waals surface area contributed by atoms with Crippen LogP contribution in [-0.4, -0.2) is 32.6 Å². The molecule has 0 aromatic heterocycles. The summed E-state index contributed by atoms with van der Waals surface area (Å²) in [6, 6.07) is 5.58. The summed E-state index contributed by atoms with van der Waals surface area (Å²) in [5.74, 6) is 0. The van der Waals surface area contributed by atoms with Crippen molar-refractivity contribution in [1.82, 2.24) is 0 Å². The first-order valence-electron chi connectivity index (χ1n) is 5.64. The van der Waals surface area contributed by atoms with Crippen LogP contribution in [0.2, 0.25) is 5.02 Å². The lowest BCUT2D eigenvalue weighted by Gasteiger charge is -2.30. The number of methoxy groups -OCH3 is 1. The zero-order chi connectivity index (χ0) is 12.8. The van der Waals surface area contributed by atoms with E-state index in [0.29, 0.717) is 17.2 Å². The number of hydrogen-bond donors (Lipinski definition) is 0. The van der Waals surface area contributed by atoms with E-state index in [2.05, 4.69) is 18.7 Å². The summed E-state index contributed by atoms with van der Waals surface area (Å²) in [5, 5.41) is 0.597. The van der Waals surface area contributed by atoms with Gasteiger partial charge in [-0.05, 0) is 32.0 Å². The van der Waals surface area contributed by atoms with Gasteiger partial charge >= 0.3 is 0 Å². The highest BCUT2D eigenvalue weighted by atomic mass is 35.5. The normalized spacial score (nSPS) is 12.2. The Bertz CT molecular complexity index is 382. The Balaban J connectivity index is 2.99. The molecule has 0 saturated heterocycles. The lowest BCUT2D eigenvalue weighted by atomic mass is 10.2. The van der Waals surface area contributed by atoms with Crippen molar-refractivity contribution in [2.75, 3.05) is 25.2 Å². The van der Waals surface area contributed by atoms with Gasteiger partial charge in [0.2, 0.25) is 0 Å². The lowest BCUT2D eigenvalue weighted by molar-refractivity contribution is 0.112. The molecular weight excluding hydrogens is 238 g/mol. The first-order chi connectivity index (χ1) is 8.13. The third kappa shape index (κ3) is 3.45. The van der Waals surface area contributed by atoms with Crippen LogP contribution < -0.4 is 4.90 Å². The summed E-state index contributed by atoms with van der Waals surface area (Å²) in [6.07, 6.45) is 0.796. The number of halogens is 1. The average Bonchev–Trinajstić information content (AvgIpc) is 2.32. The molecule has 1 atom stereocenters. The summed E-state index contributed by atoms with van der Waals surface area (Å²) < 4.78 is 5.15. The molecule has 0 spiro atoms. The maximum atomic E-state index is 10.7. The number of hydrogen-bond acceptors (Lipinski definition) is 3. The first-order valence-corrected chi connectivity index (χ1v) is 6.02. The van der Waals surface area contributed by atoms with Gasteiger partial charge in [0.15, 0.2) is 0 Å². The number of nitrogens with zero attached hydrogens (tertiary/aromatic N) is 1. The van der Waals surface area contributed by atoms with E-state index in [-0.39, 0.29) is 6.04 Å². The molecular formula is C13H18ClNO2. The molecule has 0 fully saturated rings. The van der Waals surface area contributed by atoms with Crippen LogP contribution in [0.1, 0.15) is 24.2 Å². The van der Waals surface area contributed by atoms with E-state index < -0.39 is 0 Å². The number of anilines is 1. The van der Waals surface area contributed by atoms with Gasteiger partial charge in [-0.3, -0.25) is 4.79 Å². The van der Waals surface area contributed by atoms with Crippen molar-refractivity contribution in [3.63, 3.8) is 0 Å². The van der Waals surface area contributed by atoms with Gasteiger partial charge in [0, 0.05) is 25.3 Å². The Morgan fingerprint density at radius 3 is 2.71 bits per heavy atom. The number of ether oxygens (including phenoxy) is 1. The number of benzene rings is 1. The van der Waals surface area contributed by atoms with E-state index in [9.17, 15) is 4.79 Å². The largest absolute Gasteiger partial charge is 0.383 e. The molecule has 94 valence electrons. The zero-order valence-corrected chi connectivity index (χ0v) is 11.2. The second-order valence-electron chi connectivity index (χ2n) is 3.92. The van der Waals surface area contributed by atoms with Gasteiger partial charge in [0.05, 0.1) is 17.3 Å². The first kappa shape index (κ1) is 14.0. The molecule has 1 rings (SSSR count). The van der Waals surface area contributed by atoms with E-state index in [1.807, 2.05) is 6.07 Å². The number of likely N-dealkylation sites (N-methyl/N-ethyl adjacent to an activating group) is 1. The average molecular weight is 256 g/mol. The number of carbonyl (C=O) groups excluding carboxylic acids is 1. The van der Waals surface area contributed by atoms with Crippen molar-refractivity contribution in [2.24, 2.45) is 0 Å². The Morgan fingerprint density at radius 2 is 2.24 bits per heavy atom. The van der Waals surface area contributed by atoms with Crippen molar-refractivity contribution in [3.8, 4) is 0 Å². The highest BCUT2D eigenvalue weighted by Crippen LogP contribution is 2.28. The van der Waals surface area contributed by atoms with E-state index in [1.165, 1.54) is 0 Å². The van der Waals surface area contributed by atoms with E-state index in [1.54, 1.807) is 19.2 Å². The SMILES string of the molecule is CCN(c1ccc(C=O)cc1Cl)C(C)COC. The quantitative estimate of drug-likeness (QED) is 0.732. The van der Waals surface area contributed by atoms with Crippen molar-refractivity contribution >= 4 is 23.6 Å². The maximum Gasteiger partial charge on any atom is 0.150 e. The minimum Gasteiger partial charge on any atom is -0.383 e. The molecule has 1 aromatic carbocycles. The highest BCUT2D eigenvalue weighted by molar-refractivity contribution is 6.33. The monoisotopic (exact) mass is 255 g/mol. The van der Waals surface area contributed by atoms with Crippen molar-refractivity contribution in [3.05, 3.63) is 28.8 Å². The van der Waals surface area contributed by atoms with Crippen molar-refractivity contribution in [1.29, 1.82) is 0 Å². The fourth-order valence-electron chi connectivity index (χ4n) is 1.88. The maximum absolute atomic E-state index is 10.7. The van der Waals surface area contributed by atoms with Crippen LogP contribution >= 0.6 is 11.6 Å². The van der Waals surface area contributed by atoms with Gasteiger partial charge in [0.1, 0.15) is 6.29 Å². The summed E-state index contributed by atoms with van der Waals surface area (Å²) in [7, 11) is 1.68. The van der Waals surface area contributed by atoms with Gasteiger partial charge < -0.3 is 9.64 Å². The third-order valence-electron chi connectivity index (χ3n) is 2.70. The van der Waals surface area contributed by atoms with Crippen LogP contribution in [0, 0.1) is 0 Å². The standard InChI is InChI=1S/C13H18ClNO2/c1-4-15(10(2)9-17-3)13-6-5-11(8-16)7-12(13)14/h5-8,10H,4,9H2,1-3H3. The molecule has 0 radical (unpaired) electrons. The Hall–Kier alpha value is -1.06. The topological polar surface area (TPSA) is 29.5 Å².